The van der Waals surface area contributed by atoms with E-state index in [4.69, 9.17) is 4.74 Å². The molecule has 1 aliphatic rings. The molecule has 8 heteroatoms. The van der Waals surface area contributed by atoms with Crippen LogP contribution in [0.3, 0.4) is 0 Å². The van der Waals surface area contributed by atoms with Crippen LogP contribution in [0.2, 0.25) is 0 Å². The molecule has 0 aromatic carbocycles. The second kappa shape index (κ2) is 8.22. The lowest BCUT2D eigenvalue weighted by Gasteiger charge is -2.31. The van der Waals surface area contributed by atoms with Crippen LogP contribution in [0.1, 0.15) is 18.5 Å². The number of thiazole rings is 1. The van der Waals surface area contributed by atoms with Crippen LogP contribution in [-0.2, 0) is 16.1 Å². The molecule has 3 aromatic rings. The lowest BCUT2D eigenvalue weighted by molar-refractivity contribution is -0.150. The van der Waals surface area contributed by atoms with Crippen LogP contribution in [0.5, 0.6) is 0 Å². The maximum atomic E-state index is 12.5. The predicted octanol–water partition coefficient (Wildman–Crippen LogP) is 2.95. The van der Waals surface area contributed by atoms with E-state index in [-0.39, 0.29) is 18.5 Å². The van der Waals surface area contributed by atoms with Gasteiger partial charge in [-0.25, -0.2) is 15.0 Å². The zero-order valence-electron chi connectivity index (χ0n) is 14.7. The summed E-state index contributed by atoms with van der Waals surface area (Å²) < 4.78 is 5.52. The van der Waals surface area contributed by atoms with Gasteiger partial charge in [0.1, 0.15) is 11.6 Å². The van der Waals surface area contributed by atoms with Gasteiger partial charge >= 0.3 is 5.97 Å². The molecule has 0 saturated carbocycles. The van der Waals surface area contributed by atoms with Gasteiger partial charge in [-0.05, 0) is 31.0 Å². The van der Waals surface area contributed by atoms with Gasteiger partial charge in [0.2, 0.25) is 5.95 Å². The van der Waals surface area contributed by atoms with Crippen LogP contribution in [-0.4, -0.2) is 39.0 Å². The minimum absolute atomic E-state index is 0.170. The molecule has 7 nitrogen and oxygen atoms in total. The normalized spacial score (nSPS) is 16.9. The molecule has 4 rings (SSSR count). The number of pyridine rings is 1. The molecule has 0 amide bonds. The number of piperidine rings is 1. The highest BCUT2D eigenvalue weighted by atomic mass is 32.1. The lowest BCUT2D eigenvalue weighted by Crippen LogP contribution is -2.40. The maximum absolute atomic E-state index is 12.5. The number of rotatable bonds is 5. The van der Waals surface area contributed by atoms with Crippen LogP contribution in [0.15, 0.2) is 48.2 Å². The molecular weight excluding hydrogens is 362 g/mol. The first kappa shape index (κ1) is 17.5. The summed E-state index contributed by atoms with van der Waals surface area (Å²) in [6.45, 7) is 1.62. The van der Waals surface area contributed by atoms with E-state index in [1.807, 2.05) is 28.5 Å². The summed E-state index contributed by atoms with van der Waals surface area (Å²) in [5.74, 6) is 0.300. The van der Waals surface area contributed by atoms with Crippen molar-refractivity contribution in [2.24, 2.45) is 5.92 Å². The summed E-state index contributed by atoms with van der Waals surface area (Å²) in [5, 5.41) is 2.73. The van der Waals surface area contributed by atoms with E-state index >= 15 is 0 Å². The van der Waals surface area contributed by atoms with Gasteiger partial charge in [0.25, 0.3) is 0 Å². The Morgan fingerprint density at radius 2 is 2.04 bits per heavy atom. The quantitative estimate of drug-likeness (QED) is 0.629. The number of nitrogens with zero attached hydrogens (tertiary/aromatic N) is 5. The molecule has 3 aromatic heterocycles. The van der Waals surface area contributed by atoms with Gasteiger partial charge in [0.15, 0.2) is 0 Å². The number of carbonyl (C=O) groups is 1. The number of carbonyl (C=O) groups excluding carboxylic acids is 1. The first-order valence-corrected chi connectivity index (χ1v) is 9.72. The molecule has 0 N–H and O–H groups in total. The molecule has 27 heavy (non-hydrogen) atoms. The fraction of sp³-hybridized carbons (Fsp3) is 0.316. The Balaban J connectivity index is 1.33. The van der Waals surface area contributed by atoms with Crippen molar-refractivity contribution in [3.05, 3.63) is 53.9 Å². The molecule has 1 fully saturated rings. The van der Waals surface area contributed by atoms with Crippen LogP contribution in [0.4, 0.5) is 5.95 Å². The average molecular weight is 381 g/mol. The van der Waals surface area contributed by atoms with Crippen molar-refractivity contribution in [3.8, 4) is 10.7 Å². The van der Waals surface area contributed by atoms with E-state index in [2.05, 4.69) is 19.9 Å². The Morgan fingerprint density at radius 3 is 2.85 bits per heavy atom. The van der Waals surface area contributed by atoms with Gasteiger partial charge in [0.05, 0.1) is 17.3 Å². The molecule has 4 heterocycles. The third kappa shape index (κ3) is 4.28. The average Bonchev–Trinajstić information content (AvgIpc) is 3.22. The Bertz CT molecular complexity index is 887. The van der Waals surface area contributed by atoms with Gasteiger partial charge in [-0.1, -0.05) is 6.07 Å². The van der Waals surface area contributed by atoms with E-state index in [0.717, 1.165) is 35.8 Å². The van der Waals surface area contributed by atoms with E-state index in [0.29, 0.717) is 12.5 Å². The fourth-order valence-electron chi connectivity index (χ4n) is 3.05. The Hall–Kier alpha value is -2.87. The van der Waals surface area contributed by atoms with Crippen molar-refractivity contribution in [1.29, 1.82) is 0 Å². The zero-order chi connectivity index (χ0) is 18.5. The molecule has 138 valence electrons. The number of hydrogen-bond donors (Lipinski definition) is 0. The van der Waals surface area contributed by atoms with Crippen molar-refractivity contribution >= 4 is 23.3 Å². The summed E-state index contributed by atoms with van der Waals surface area (Å²) >= 11 is 1.50. The van der Waals surface area contributed by atoms with Gasteiger partial charge in [-0.15, -0.1) is 11.3 Å². The molecule has 0 radical (unpaired) electrons. The SMILES string of the molecule is O=C(OCc1csc(-c2ccccn2)n1)C1CCCN(c2ncccn2)C1. The van der Waals surface area contributed by atoms with E-state index in [1.54, 1.807) is 24.7 Å². The highest BCUT2D eigenvalue weighted by Crippen LogP contribution is 2.23. The first-order valence-electron chi connectivity index (χ1n) is 8.84. The van der Waals surface area contributed by atoms with E-state index < -0.39 is 0 Å². The number of ether oxygens (including phenoxy) is 1. The van der Waals surface area contributed by atoms with Gasteiger partial charge < -0.3 is 9.64 Å². The van der Waals surface area contributed by atoms with Crippen LogP contribution in [0, 0.1) is 5.92 Å². The summed E-state index contributed by atoms with van der Waals surface area (Å²) in [5.41, 5.74) is 1.57. The molecule has 1 saturated heterocycles. The first-order chi connectivity index (χ1) is 13.3. The minimum atomic E-state index is -0.192. The number of esters is 1. The Kier molecular flexibility index (Phi) is 5.34. The van der Waals surface area contributed by atoms with Crippen LogP contribution >= 0.6 is 11.3 Å². The molecule has 0 aliphatic carbocycles. The Morgan fingerprint density at radius 1 is 1.19 bits per heavy atom. The monoisotopic (exact) mass is 381 g/mol. The van der Waals surface area contributed by atoms with Crippen molar-refractivity contribution in [2.45, 2.75) is 19.4 Å². The summed E-state index contributed by atoms with van der Waals surface area (Å²) in [7, 11) is 0. The van der Waals surface area contributed by atoms with Crippen molar-refractivity contribution in [1.82, 2.24) is 19.9 Å². The van der Waals surface area contributed by atoms with Crippen LogP contribution < -0.4 is 4.90 Å². The fourth-order valence-corrected chi connectivity index (χ4v) is 3.83. The standard InChI is InChI=1S/C19H19N5O2S/c25-18(14-5-3-10-24(11-14)19-21-8-4-9-22-19)26-12-15-13-27-17(23-15)16-6-1-2-7-20-16/h1-2,4,6-9,13-14H,3,5,10-12H2. The largest absolute Gasteiger partial charge is 0.459 e. The highest BCUT2D eigenvalue weighted by molar-refractivity contribution is 7.13. The van der Waals surface area contributed by atoms with Gasteiger partial charge in [0, 0.05) is 37.1 Å². The van der Waals surface area contributed by atoms with Crippen molar-refractivity contribution < 1.29 is 9.53 Å². The second-order valence-corrected chi connectivity index (χ2v) is 7.16. The van der Waals surface area contributed by atoms with Gasteiger partial charge in [-0.2, -0.15) is 0 Å². The number of anilines is 1. The van der Waals surface area contributed by atoms with Crippen LogP contribution in [0.25, 0.3) is 10.7 Å². The molecule has 0 bridgehead atoms. The minimum Gasteiger partial charge on any atom is -0.459 e. The maximum Gasteiger partial charge on any atom is 0.311 e. The third-order valence-electron chi connectivity index (χ3n) is 4.39. The molecule has 0 spiro atoms. The third-order valence-corrected chi connectivity index (χ3v) is 5.30. The van der Waals surface area contributed by atoms with Gasteiger partial charge in [-0.3, -0.25) is 9.78 Å². The predicted molar refractivity (Wildman–Crippen MR) is 102 cm³/mol. The zero-order valence-corrected chi connectivity index (χ0v) is 15.5. The van der Waals surface area contributed by atoms with E-state index in [9.17, 15) is 4.79 Å². The number of aromatic nitrogens is 4. The smallest absolute Gasteiger partial charge is 0.311 e. The highest BCUT2D eigenvalue weighted by Gasteiger charge is 2.28. The molecule has 1 aliphatic heterocycles. The lowest BCUT2D eigenvalue weighted by atomic mass is 9.98. The van der Waals surface area contributed by atoms with Crippen molar-refractivity contribution in [2.75, 3.05) is 18.0 Å². The summed E-state index contributed by atoms with van der Waals surface area (Å²) in [4.78, 5) is 31.9. The summed E-state index contributed by atoms with van der Waals surface area (Å²) in [6.07, 6.45) is 6.90. The summed E-state index contributed by atoms with van der Waals surface area (Å²) in [6, 6.07) is 7.49. The van der Waals surface area contributed by atoms with Crippen molar-refractivity contribution in [3.63, 3.8) is 0 Å². The molecular formula is C19H19N5O2S. The Labute approximate surface area is 161 Å². The second-order valence-electron chi connectivity index (χ2n) is 6.30. The molecule has 1 atom stereocenters. The topological polar surface area (TPSA) is 81.1 Å². The number of hydrogen-bond acceptors (Lipinski definition) is 8. The molecule has 1 unspecified atom stereocenters. The van der Waals surface area contributed by atoms with E-state index in [1.165, 1.54) is 11.3 Å².